The molecule has 0 amide bonds. The first-order valence-corrected chi connectivity index (χ1v) is 7.92. The van der Waals surface area contributed by atoms with E-state index in [0.717, 1.165) is 12.8 Å². The maximum absolute atomic E-state index is 12.6. The molecule has 4 heteroatoms. The first kappa shape index (κ1) is 13.6. The Balaban J connectivity index is 2.35. The van der Waals surface area contributed by atoms with Crippen molar-refractivity contribution in [3.05, 3.63) is 30.3 Å². The van der Waals surface area contributed by atoms with Gasteiger partial charge in [-0.15, -0.1) is 0 Å². The van der Waals surface area contributed by atoms with E-state index in [-0.39, 0.29) is 11.5 Å². The lowest BCUT2D eigenvalue weighted by atomic mass is 9.75. The van der Waals surface area contributed by atoms with Crippen molar-refractivity contribution in [3.8, 4) is 0 Å². The highest BCUT2D eigenvalue weighted by molar-refractivity contribution is 7.92. The monoisotopic (exact) mass is 267 g/mol. The molecule has 0 bridgehead atoms. The zero-order valence-corrected chi connectivity index (χ0v) is 11.8. The minimum Gasteiger partial charge on any atom is -0.327 e. The number of rotatable bonds is 2. The van der Waals surface area contributed by atoms with Crippen LogP contribution in [0.25, 0.3) is 0 Å². The summed E-state index contributed by atoms with van der Waals surface area (Å²) in [5, 5.41) is -0.455. The number of nitrogens with two attached hydrogens (primary N) is 1. The summed E-state index contributed by atoms with van der Waals surface area (Å²) in [6.45, 7) is 4.23. The quantitative estimate of drug-likeness (QED) is 0.895. The smallest absolute Gasteiger partial charge is 0.182 e. The molecule has 2 unspecified atom stereocenters. The Labute approximate surface area is 109 Å². The maximum atomic E-state index is 12.6. The lowest BCUT2D eigenvalue weighted by Crippen LogP contribution is -2.47. The van der Waals surface area contributed by atoms with E-state index in [2.05, 4.69) is 13.8 Å². The van der Waals surface area contributed by atoms with E-state index in [1.807, 2.05) is 6.07 Å². The van der Waals surface area contributed by atoms with Crippen molar-refractivity contribution in [2.75, 3.05) is 0 Å². The highest BCUT2D eigenvalue weighted by Crippen LogP contribution is 2.39. The van der Waals surface area contributed by atoms with E-state index in [0.29, 0.717) is 11.3 Å². The molecule has 0 aromatic heterocycles. The van der Waals surface area contributed by atoms with Crippen molar-refractivity contribution in [1.29, 1.82) is 0 Å². The summed E-state index contributed by atoms with van der Waals surface area (Å²) in [6, 6.07) is 8.40. The van der Waals surface area contributed by atoms with E-state index < -0.39 is 15.1 Å². The van der Waals surface area contributed by atoms with Gasteiger partial charge in [0.15, 0.2) is 9.84 Å². The molecule has 1 fully saturated rings. The summed E-state index contributed by atoms with van der Waals surface area (Å²) in [5.74, 6) is 0. The van der Waals surface area contributed by atoms with Crippen LogP contribution in [0.15, 0.2) is 35.2 Å². The van der Waals surface area contributed by atoms with Crippen LogP contribution in [0.4, 0.5) is 0 Å². The molecule has 0 aliphatic heterocycles. The Morgan fingerprint density at radius 2 is 1.83 bits per heavy atom. The number of hydrogen-bond donors (Lipinski definition) is 1. The summed E-state index contributed by atoms with van der Waals surface area (Å²) in [6.07, 6.45) is 2.42. The fraction of sp³-hybridized carbons (Fsp3) is 0.571. The molecule has 1 aliphatic carbocycles. The van der Waals surface area contributed by atoms with Crippen LogP contribution in [0.3, 0.4) is 0 Å². The maximum Gasteiger partial charge on any atom is 0.182 e. The van der Waals surface area contributed by atoms with E-state index in [9.17, 15) is 8.42 Å². The molecular formula is C14H21NO2S. The molecule has 1 aromatic rings. The molecule has 0 spiro atoms. The van der Waals surface area contributed by atoms with Gasteiger partial charge in [-0.05, 0) is 36.8 Å². The summed E-state index contributed by atoms with van der Waals surface area (Å²) in [5.41, 5.74) is 6.10. The van der Waals surface area contributed by atoms with Crippen molar-refractivity contribution in [1.82, 2.24) is 0 Å². The van der Waals surface area contributed by atoms with Gasteiger partial charge in [-0.3, -0.25) is 0 Å². The fourth-order valence-corrected chi connectivity index (χ4v) is 4.82. The second kappa shape index (κ2) is 4.67. The Morgan fingerprint density at radius 1 is 1.22 bits per heavy atom. The largest absolute Gasteiger partial charge is 0.327 e. The van der Waals surface area contributed by atoms with Crippen LogP contribution in [0.2, 0.25) is 0 Å². The van der Waals surface area contributed by atoms with Crippen LogP contribution in [0.1, 0.15) is 33.1 Å². The lowest BCUT2D eigenvalue weighted by molar-refractivity contribution is 0.227. The van der Waals surface area contributed by atoms with E-state index in [4.69, 9.17) is 5.73 Å². The molecule has 18 heavy (non-hydrogen) atoms. The molecule has 0 saturated heterocycles. The third kappa shape index (κ3) is 2.59. The van der Waals surface area contributed by atoms with Crippen LogP contribution in [-0.2, 0) is 9.84 Å². The van der Waals surface area contributed by atoms with E-state index in [1.54, 1.807) is 24.3 Å². The van der Waals surface area contributed by atoms with Gasteiger partial charge in [-0.2, -0.15) is 0 Å². The molecule has 100 valence electrons. The van der Waals surface area contributed by atoms with Gasteiger partial charge in [0.25, 0.3) is 0 Å². The van der Waals surface area contributed by atoms with Crippen molar-refractivity contribution >= 4 is 9.84 Å². The summed E-state index contributed by atoms with van der Waals surface area (Å²) in [7, 11) is -3.31. The minimum atomic E-state index is -3.31. The van der Waals surface area contributed by atoms with Crippen LogP contribution in [-0.4, -0.2) is 19.7 Å². The molecule has 2 N–H and O–H groups in total. The van der Waals surface area contributed by atoms with Gasteiger partial charge in [0.05, 0.1) is 10.1 Å². The summed E-state index contributed by atoms with van der Waals surface area (Å²) in [4.78, 5) is 0.392. The first-order valence-electron chi connectivity index (χ1n) is 6.37. The third-order valence-electron chi connectivity index (χ3n) is 3.86. The molecule has 0 radical (unpaired) electrons. The third-order valence-corrected chi connectivity index (χ3v) is 6.10. The molecular weight excluding hydrogens is 246 g/mol. The highest BCUT2D eigenvalue weighted by Gasteiger charge is 2.41. The zero-order chi connectivity index (χ0) is 13.4. The number of benzene rings is 1. The topological polar surface area (TPSA) is 60.2 Å². The number of sulfone groups is 1. The van der Waals surface area contributed by atoms with Crippen molar-refractivity contribution < 1.29 is 8.42 Å². The molecule has 2 atom stereocenters. The van der Waals surface area contributed by atoms with Gasteiger partial charge in [0.1, 0.15) is 0 Å². The molecule has 2 rings (SSSR count). The van der Waals surface area contributed by atoms with Crippen LogP contribution < -0.4 is 5.73 Å². The van der Waals surface area contributed by atoms with Crippen LogP contribution in [0.5, 0.6) is 0 Å². The SMILES string of the molecule is CC1(C)CCC(N)C(S(=O)(=O)c2ccccc2)C1. The van der Waals surface area contributed by atoms with Gasteiger partial charge < -0.3 is 5.73 Å². The molecule has 3 nitrogen and oxygen atoms in total. The van der Waals surface area contributed by atoms with Crippen molar-refractivity contribution in [2.45, 2.75) is 49.3 Å². The van der Waals surface area contributed by atoms with Crippen molar-refractivity contribution in [3.63, 3.8) is 0 Å². The van der Waals surface area contributed by atoms with Gasteiger partial charge in [-0.25, -0.2) is 8.42 Å². The second-order valence-electron chi connectivity index (χ2n) is 5.97. The van der Waals surface area contributed by atoms with Gasteiger partial charge in [0.2, 0.25) is 0 Å². The van der Waals surface area contributed by atoms with Gasteiger partial charge in [-0.1, -0.05) is 32.0 Å². The van der Waals surface area contributed by atoms with E-state index >= 15 is 0 Å². The van der Waals surface area contributed by atoms with Crippen LogP contribution in [0, 0.1) is 5.41 Å². The average molecular weight is 267 g/mol. The Kier molecular flexibility index (Phi) is 3.52. The minimum absolute atomic E-state index is 0.0579. The van der Waals surface area contributed by atoms with Crippen molar-refractivity contribution in [2.24, 2.45) is 11.1 Å². The fourth-order valence-electron chi connectivity index (χ4n) is 2.67. The normalized spacial score (nSPS) is 27.9. The molecule has 1 aromatic carbocycles. The Bertz CT molecular complexity index is 508. The van der Waals surface area contributed by atoms with Gasteiger partial charge in [0, 0.05) is 6.04 Å². The predicted molar refractivity (Wildman–Crippen MR) is 73.0 cm³/mol. The predicted octanol–water partition coefficient (Wildman–Crippen LogP) is 2.37. The lowest BCUT2D eigenvalue weighted by Gasteiger charge is -2.38. The summed E-state index contributed by atoms with van der Waals surface area (Å²) >= 11 is 0. The summed E-state index contributed by atoms with van der Waals surface area (Å²) < 4.78 is 25.2. The molecule has 1 saturated carbocycles. The highest BCUT2D eigenvalue weighted by atomic mass is 32.2. The Morgan fingerprint density at radius 3 is 2.44 bits per heavy atom. The van der Waals surface area contributed by atoms with E-state index in [1.165, 1.54) is 0 Å². The zero-order valence-electron chi connectivity index (χ0n) is 11.0. The average Bonchev–Trinajstić information content (AvgIpc) is 2.33. The molecule has 1 aliphatic rings. The second-order valence-corrected chi connectivity index (χ2v) is 8.13. The molecule has 0 heterocycles. The number of hydrogen-bond acceptors (Lipinski definition) is 3. The first-order chi connectivity index (χ1) is 8.33. The standard InChI is InChI=1S/C14H21NO2S/c1-14(2)9-8-12(15)13(10-14)18(16,17)11-6-4-3-5-7-11/h3-7,12-13H,8-10,15H2,1-2H3. The van der Waals surface area contributed by atoms with Crippen LogP contribution >= 0.6 is 0 Å². The Hall–Kier alpha value is -0.870. The van der Waals surface area contributed by atoms with Gasteiger partial charge >= 0.3 is 0 Å².